The van der Waals surface area contributed by atoms with E-state index in [0.717, 1.165) is 0 Å². The molecule has 78 valence electrons. The first-order valence-electron chi connectivity index (χ1n) is 3.64. The number of rotatable bonds is 1. The van der Waals surface area contributed by atoms with E-state index in [1.165, 1.54) is 12.1 Å². The fourth-order valence-electron chi connectivity index (χ4n) is 0.827. The highest BCUT2D eigenvalue weighted by molar-refractivity contribution is 6.54. The van der Waals surface area contributed by atoms with Crippen LogP contribution in [0.4, 0.5) is 13.2 Å². The van der Waals surface area contributed by atoms with E-state index < -0.39 is 12.6 Å². The van der Waals surface area contributed by atoms with Crippen LogP contribution in [0.25, 0.3) is 0 Å². The van der Waals surface area contributed by atoms with Gasteiger partial charge < -0.3 is 0 Å². The molecule has 0 aliphatic heterocycles. The summed E-state index contributed by atoms with van der Waals surface area (Å²) in [5.74, 6) is 0.222. The van der Waals surface area contributed by atoms with E-state index >= 15 is 0 Å². The van der Waals surface area contributed by atoms with E-state index in [1.54, 1.807) is 18.2 Å². The summed E-state index contributed by atoms with van der Waals surface area (Å²) in [5.41, 5.74) is 0.306. The molecule has 0 atom stereocenters. The van der Waals surface area contributed by atoms with Crippen LogP contribution in [0.3, 0.4) is 0 Å². The van der Waals surface area contributed by atoms with Crippen LogP contribution >= 0.6 is 11.6 Å². The monoisotopic (exact) mass is 224 g/mol. The number of halogens is 4. The van der Waals surface area contributed by atoms with E-state index in [-0.39, 0.29) is 5.75 Å². The summed E-state index contributed by atoms with van der Waals surface area (Å²) in [6.45, 7) is 0. The molecule has 14 heavy (non-hydrogen) atoms. The van der Waals surface area contributed by atoms with E-state index in [9.17, 15) is 13.2 Å². The smallest absolute Gasteiger partial charge is 0.285 e. The van der Waals surface area contributed by atoms with Gasteiger partial charge in [0.05, 0.1) is 6.42 Å². The third kappa shape index (κ3) is 7.61. The summed E-state index contributed by atoms with van der Waals surface area (Å²) < 4.78 is 35.2. The molecule has 0 saturated heterocycles. The Kier molecular flexibility index (Phi) is 5.95. The second kappa shape index (κ2) is 6.43. The van der Waals surface area contributed by atoms with Crippen molar-refractivity contribution in [3.63, 3.8) is 0 Å². The van der Waals surface area contributed by atoms with Crippen molar-refractivity contribution in [1.29, 1.82) is 0 Å². The molecule has 0 fully saturated rings. The normalized spacial score (nSPS) is 10.0. The Morgan fingerprint density at radius 2 is 1.64 bits per heavy atom. The van der Waals surface area contributed by atoms with Gasteiger partial charge in [0.2, 0.25) is 5.75 Å². The first kappa shape index (κ1) is 13.0. The third-order valence-electron chi connectivity index (χ3n) is 1.25. The zero-order valence-electron chi connectivity index (χ0n) is 7.09. The molecular weight excluding hydrogens is 217 g/mol. The molecule has 0 radical (unpaired) electrons. The average Bonchev–Trinajstić information content (AvgIpc) is 2.04. The van der Waals surface area contributed by atoms with Crippen LogP contribution in [-0.4, -0.2) is 11.9 Å². The van der Waals surface area contributed by atoms with Gasteiger partial charge in [0.25, 0.3) is 0 Å². The summed E-state index contributed by atoms with van der Waals surface area (Å²) in [5, 5.41) is 0. The first-order chi connectivity index (χ1) is 6.49. The fourth-order valence-corrected chi connectivity index (χ4v) is 0.827. The zero-order chi connectivity index (χ0) is 11.0. The quantitative estimate of drug-likeness (QED) is 0.529. The molecule has 0 N–H and O–H groups in total. The summed E-state index contributed by atoms with van der Waals surface area (Å²) in [6.07, 6.45) is -4.94. The molecular formula is C9H8ClF3O. The minimum Gasteiger partial charge on any atom is -0.285 e. The maximum Gasteiger partial charge on any atom is 0.393 e. The molecule has 0 bridgehead atoms. The summed E-state index contributed by atoms with van der Waals surface area (Å²) in [4.78, 5) is 8.57. The van der Waals surface area contributed by atoms with Crippen LogP contribution in [0, 0.1) is 0 Å². The molecule has 1 rings (SSSR count). The lowest BCUT2D eigenvalue weighted by Crippen LogP contribution is -2.11. The van der Waals surface area contributed by atoms with Crippen LogP contribution < -0.4 is 0 Å². The van der Waals surface area contributed by atoms with E-state index in [4.69, 9.17) is 4.79 Å². The predicted octanol–water partition coefficient (Wildman–Crippen LogP) is 3.21. The number of benzene rings is 1. The largest absolute Gasteiger partial charge is 0.393 e. The Morgan fingerprint density at radius 3 is 2.00 bits per heavy atom. The second-order valence-electron chi connectivity index (χ2n) is 2.37. The molecule has 0 saturated carbocycles. The molecule has 1 aromatic rings. The van der Waals surface area contributed by atoms with E-state index in [1.807, 2.05) is 0 Å². The van der Waals surface area contributed by atoms with Crippen molar-refractivity contribution in [2.24, 2.45) is 0 Å². The first-order valence-corrected chi connectivity index (χ1v) is 4.08. The van der Waals surface area contributed by atoms with Gasteiger partial charge in [-0.15, -0.1) is 0 Å². The number of alkyl halides is 3. The average molecular weight is 225 g/mol. The van der Waals surface area contributed by atoms with Gasteiger partial charge in [-0.3, -0.25) is 4.79 Å². The summed E-state index contributed by atoms with van der Waals surface area (Å²) in [7, 11) is 0. The zero-order valence-corrected chi connectivity index (χ0v) is 7.85. The van der Waals surface area contributed by atoms with Crippen molar-refractivity contribution in [3.05, 3.63) is 35.9 Å². The SMILES string of the molecule is FC(F)(F)Cc1ccccc1.O=CCl. The van der Waals surface area contributed by atoms with Crippen LogP contribution in [0.15, 0.2) is 30.3 Å². The Bertz CT molecular complexity index is 259. The van der Waals surface area contributed by atoms with Crippen molar-refractivity contribution in [2.45, 2.75) is 12.6 Å². The fraction of sp³-hybridized carbons (Fsp3) is 0.222. The summed E-state index contributed by atoms with van der Waals surface area (Å²) in [6, 6.07) is 7.82. The number of hydrogen-bond acceptors (Lipinski definition) is 1. The molecule has 0 aliphatic carbocycles. The maximum atomic E-state index is 11.7. The van der Waals surface area contributed by atoms with Crippen molar-refractivity contribution < 1.29 is 18.0 Å². The maximum absolute atomic E-state index is 11.7. The molecule has 1 aromatic carbocycles. The highest BCUT2D eigenvalue weighted by Crippen LogP contribution is 2.20. The lowest BCUT2D eigenvalue weighted by Gasteiger charge is -2.04. The van der Waals surface area contributed by atoms with Crippen LogP contribution in [0.2, 0.25) is 0 Å². The van der Waals surface area contributed by atoms with Crippen LogP contribution in [0.5, 0.6) is 0 Å². The van der Waals surface area contributed by atoms with E-state index in [0.29, 0.717) is 5.56 Å². The van der Waals surface area contributed by atoms with Gasteiger partial charge in [0.1, 0.15) is 0 Å². The van der Waals surface area contributed by atoms with Gasteiger partial charge in [0.15, 0.2) is 0 Å². The lowest BCUT2D eigenvalue weighted by molar-refractivity contribution is -0.127. The second-order valence-corrected chi connectivity index (χ2v) is 2.54. The topological polar surface area (TPSA) is 17.1 Å². The summed E-state index contributed by atoms with van der Waals surface area (Å²) >= 11 is 4.32. The number of hydrogen-bond donors (Lipinski definition) is 0. The lowest BCUT2D eigenvalue weighted by atomic mass is 10.1. The van der Waals surface area contributed by atoms with Crippen molar-refractivity contribution in [3.8, 4) is 0 Å². The Morgan fingerprint density at radius 1 is 1.21 bits per heavy atom. The molecule has 0 unspecified atom stereocenters. The molecule has 0 spiro atoms. The van der Waals surface area contributed by atoms with Crippen molar-refractivity contribution >= 4 is 17.3 Å². The molecule has 0 aromatic heterocycles. The Balaban J connectivity index is 0.000000500. The Hall–Kier alpha value is -1.03. The number of carbonyl (C=O) groups is 1. The Labute approximate surface area is 84.5 Å². The standard InChI is InChI=1S/C8H7F3.CHClO/c9-8(10,11)6-7-4-2-1-3-5-7;2-1-3/h1-5H,6H2;1H. The minimum atomic E-state index is -4.10. The number of carbonyl (C=O) groups excluding carboxylic acids is 1. The van der Waals surface area contributed by atoms with Gasteiger partial charge in [-0.05, 0) is 17.2 Å². The minimum absolute atomic E-state index is 0.222. The molecule has 1 nitrogen and oxygen atoms in total. The molecule has 0 aliphatic rings. The molecule has 0 amide bonds. The predicted molar refractivity (Wildman–Crippen MR) is 48.8 cm³/mol. The van der Waals surface area contributed by atoms with Crippen molar-refractivity contribution in [2.75, 3.05) is 0 Å². The molecule has 5 heteroatoms. The van der Waals surface area contributed by atoms with Crippen LogP contribution in [-0.2, 0) is 11.2 Å². The highest BCUT2D eigenvalue weighted by atomic mass is 35.5. The van der Waals surface area contributed by atoms with Gasteiger partial charge in [0, 0.05) is 0 Å². The third-order valence-corrected chi connectivity index (χ3v) is 1.25. The highest BCUT2D eigenvalue weighted by Gasteiger charge is 2.27. The van der Waals surface area contributed by atoms with Gasteiger partial charge in [-0.1, -0.05) is 30.3 Å². The van der Waals surface area contributed by atoms with Gasteiger partial charge >= 0.3 is 6.18 Å². The van der Waals surface area contributed by atoms with Gasteiger partial charge in [-0.25, -0.2) is 0 Å². The van der Waals surface area contributed by atoms with Gasteiger partial charge in [-0.2, -0.15) is 13.2 Å². The van der Waals surface area contributed by atoms with Crippen LogP contribution in [0.1, 0.15) is 5.56 Å². The van der Waals surface area contributed by atoms with Crippen molar-refractivity contribution in [1.82, 2.24) is 0 Å². The van der Waals surface area contributed by atoms with E-state index in [2.05, 4.69) is 11.6 Å². The molecule has 0 heterocycles.